The van der Waals surface area contributed by atoms with Crippen LogP contribution in [0.4, 0.5) is 0 Å². The van der Waals surface area contributed by atoms with E-state index in [9.17, 15) is 24.3 Å². The molecule has 1 aliphatic carbocycles. The summed E-state index contributed by atoms with van der Waals surface area (Å²) in [6.45, 7) is 4.13. The van der Waals surface area contributed by atoms with Crippen LogP contribution in [0.25, 0.3) is 0 Å². The van der Waals surface area contributed by atoms with Crippen molar-refractivity contribution >= 4 is 23.9 Å². The fourth-order valence-electron chi connectivity index (χ4n) is 2.60. The van der Waals surface area contributed by atoms with E-state index in [1.807, 2.05) is 0 Å². The van der Waals surface area contributed by atoms with E-state index in [0.29, 0.717) is 6.42 Å². The van der Waals surface area contributed by atoms with Crippen LogP contribution in [0, 0.1) is 11.8 Å². The van der Waals surface area contributed by atoms with Gasteiger partial charge < -0.3 is 19.3 Å². The summed E-state index contributed by atoms with van der Waals surface area (Å²) in [5.74, 6) is -4.76. The van der Waals surface area contributed by atoms with Crippen LogP contribution in [-0.4, -0.2) is 47.8 Å². The van der Waals surface area contributed by atoms with Crippen LogP contribution in [0.1, 0.15) is 19.8 Å². The standard InChI is InChI=1S/C14H16O8/c1-6(2)13(18)20-5-10(15)22-11-8(12(16)17)3-7-4-9(11)21-14(7)19/h7-9,11H,1,3-5H2,2H3,(H,16,17). The molecule has 1 N–H and O–H groups in total. The molecule has 0 aromatic heterocycles. The molecule has 2 bridgehead atoms. The average Bonchev–Trinajstić information content (AvgIpc) is 2.75. The Balaban J connectivity index is 1.98. The number of hydrogen-bond donors (Lipinski definition) is 1. The second kappa shape index (κ2) is 6.17. The molecular weight excluding hydrogens is 296 g/mol. The summed E-state index contributed by atoms with van der Waals surface area (Å²) in [6, 6.07) is 0. The van der Waals surface area contributed by atoms with Gasteiger partial charge in [0.05, 0.1) is 11.8 Å². The summed E-state index contributed by atoms with van der Waals surface area (Å²) in [6.07, 6.45) is -1.45. The third-order valence-electron chi connectivity index (χ3n) is 3.67. The van der Waals surface area contributed by atoms with Crippen LogP contribution in [0.2, 0.25) is 0 Å². The summed E-state index contributed by atoms with van der Waals surface area (Å²) >= 11 is 0. The van der Waals surface area contributed by atoms with Gasteiger partial charge in [-0.1, -0.05) is 6.58 Å². The van der Waals surface area contributed by atoms with Crippen LogP contribution >= 0.6 is 0 Å². The average molecular weight is 312 g/mol. The Morgan fingerprint density at radius 1 is 1.36 bits per heavy atom. The lowest BCUT2D eigenvalue weighted by Gasteiger charge is -2.30. The second-order valence-corrected chi connectivity index (χ2v) is 5.40. The second-order valence-electron chi connectivity index (χ2n) is 5.40. The predicted octanol–water partition coefficient (Wildman–Crippen LogP) is 0.0537. The highest BCUT2D eigenvalue weighted by atomic mass is 16.6. The van der Waals surface area contributed by atoms with Gasteiger partial charge in [-0.15, -0.1) is 0 Å². The number of carboxylic acids is 1. The van der Waals surface area contributed by atoms with Crippen LogP contribution in [-0.2, 0) is 33.4 Å². The molecule has 1 aliphatic heterocycles. The highest BCUT2D eigenvalue weighted by Crippen LogP contribution is 2.39. The molecule has 22 heavy (non-hydrogen) atoms. The Hall–Kier alpha value is -2.38. The van der Waals surface area contributed by atoms with Crippen LogP contribution in [0.15, 0.2) is 12.2 Å². The van der Waals surface area contributed by atoms with Crippen molar-refractivity contribution in [2.75, 3.05) is 6.61 Å². The van der Waals surface area contributed by atoms with E-state index in [-0.39, 0.29) is 12.0 Å². The quantitative estimate of drug-likeness (QED) is 0.430. The fraction of sp³-hybridized carbons (Fsp3) is 0.571. The zero-order chi connectivity index (χ0) is 16.4. The molecule has 120 valence electrons. The SMILES string of the molecule is C=C(C)C(=O)OCC(=O)OC1C2CC(CC1C(=O)O)C(=O)O2. The third-order valence-corrected chi connectivity index (χ3v) is 3.67. The summed E-state index contributed by atoms with van der Waals surface area (Å²) in [7, 11) is 0. The Morgan fingerprint density at radius 2 is 2.05 bits per heavy atom. The van der Waals surface area contributed by atoms with Crippen molar-refractivity contribution in [1.82, 2.24) is 0 Å². The molecule has 8 nitrogen and oxygen atoms in total. The summed E-state index contributed by atoms with van der Waals surface area (Å²) in [4.78, 5) is 45.7. The maximum absolute atomic E-state index is 11.7. The molecule has 0 aromatic carbocycles. The molecule has 4 unspecified atom stereocenters. The predicted molar refractivity (Wildman–Crippen MR) is 69.4 cm³/mol. The third kappa shape index (κ3) is 3.26. The molecule has 1 saturated carbocycles. The van der Waals surface area contributed by atoms with Gasteiger partial charge in [-0.05, 0) is 13.3 Å². The molecule has 0 radical (unpaired) electrons. The van der Waals surface area contributed by atoms with Crippen molar-refractivity contribution < 1.29 is 38.5 Å². The van der Waals surface area contributed by atoms with E-state index in [4.69, 9.17) is 9.47 Å². The first-order valence-corrected chi connectivity index (χ1v) is 6.75. The zero-order valence-corrected chi connectivity index (χ0v) is 11.9. The summed E-state index contributed by atoms with van der Waals surface area (Å²) < 4.78 is 14.7. The minimum absolute atomic E-state index is 0.0637. The van der Waals surface area contributed by atoms with Gasteiger partial charge in [0.2, 0.25) is 0 Å². The number of fused-ring (bicyclic) bond motifs is 2. The zero-order valence-electron chi connectivity index (χ0n) is 11.9. The number of ether oxygens (including phenoxy) is 3. The normalized spacial score (nSPS) is 29.4. The number of carbonyl (C=O) groups excluding carboxylic acids is 3. The molecule has 1 heterocycles. The van der Waals surface area contributed by atoms with Crippen molar-refractivity contribution in [1.29, 1.82) is 0 Å². The van der Waals surface area contributed by atoms with Crippen LogP contribution in [0.3, 0.4) is 0 Å². The van der Waals surface area contributed by atoms with Crippen molar-refractivity contribution in [2.45, 2.75) is 32.0 Å². The van der Waals surface area contributed by atoms with Gasteiger partial charge in [-0.3, -0.25) is 9.59 Å². The lowest BCUT2D eigenvalue weighted by molar-refractivity contribution is -0.176. The van der Waals surface area contributed by atoms with Gasteiger partial charge in [-0.25, -0.2) is 9.59 Å². The smallest absolute Gasteiger partial charge is 0.344 e. The lowest BCUT2D eigenvalue weighted by atomic mass is 9.79. The minimum Gasteiger partial charge on any atom is -0.481 e. The first kappa shape index (κ1) is 16.0. The summed E-state index contributed by atoms with van der Waals surface area (Å²) in [5.41, 5.74) is 0.126. The lowest BCUT2D eigenvalue weighted by Crippen LogP contribution is -2.44. The molecule has 0 spiro atoms. The Labute approximate surface area is 126 Å². The van der Waals surface area contributed by atoms with E-state index in [0.717, 1.165) is 0 Å². The molecule has 2 fully saturated rings. The van der Waals surface area contributed by atoms with Crippen molar-refractivity contribution in [3.05, 3.63) is 12.2 Å². The molecule has 4 atom stereocenters. The molecule has 1 saturated heterocycles. The Kier molecular flexibility index (Phi) is 4.48. The maximum atomic E-state index is 11.7. The molecule has 2 rings (SSSR count). The van der Waals surface area contributed by atoms with E-state index >= 15 is 0 Å². The van der Waals surface area contributed by atoms with Crippen LogP contribution < -0.4 is 0 Å². The molecule has 0 aromatic rings. The Morgan fingerprint density at radius 3 is 2.64 bits per heavy atom. The molecule has 8 heteroatoms. The highest BCUT2D eigenvalue weighted by molar-refractivity contribution is 5.88. The molecule has 2 aliphatic rings. The Bertz CT molecular complexity index is 537. The number of rotatable bonds is 5. The highest BCUT2D eigenvalue weighted by Gasteiger charge is 2.52. The number of aliphatic carboxylic acids is 1. The monoisotopic (exact) mass is 312 g/mol. The van der Waals surface area contributed by atoms with Gasteiger partial charge in [0.25, 0.3) is 0 Å². The first-order chi connectivity index (χ1) is 10.3. The van der Waals surface area contributed by atoms with Crippen molar-refractivity contribution in [3.63, 3.8) is 0 Å². The topological polar surface area (TPSA) is 116 Å². The maximum Gasteiger partial charge on any atom is 0.344 e. The largest absolute Gasteiger partial charge is 0.481 e. The van der Waals surface area contributed by atoms with Crippen LogP contribution in [0.5, 0.6) is 0 Å². The van der Waals surface area contributed by atoms with E-state index in [2.05, 4.69) is 11.3 Å². The van der Waals surface area contributed by atoms with Gasteiger partial charge in [0.15, 0.2) is 12.7 Å². The summed E-state index contributed by atoms with van der Waals surface area (Å²) in [5, 5.41) is 9.21. The van der Waals surface area contributed by atoms with E-state index in [1.165, 1.54) is 6.92 Å². The van der Waals surface area contributed by atoms with E-state index in [1.54, 1.807) is 0 Å². The number of carboxylic acid groups (broad SMARTS) is 1. The first-order valence-electron chi connectivity index (χ1n) is 6.75. The van der Waals surface area contributed by atoms with E-state index < -0.39 is 54.5 Å². The van der Waals surface area contributed by atoms with Gasteiger partial charge in [-0.2, -0.15) is 0 Å². The molecule has 0 amide bonds. The van der Waals surface area contributed by atoms with Gasteiger partial charge in [0.1, 0.15) is 6.10 Å². The minimum atomic E-state index is -1.16. The van der Waals surface area contributed by atoms with Gasteiger partial charge >= 0.3 is 23.9 Å². The van der Waals surface area contributed by atoms with Crippen molar-refractivity contribution in [3.8, 4) is 0 Å². The number of esters is 3. The number of carbonyl (C=O) groups is 4. The van der Waals surface area contributed by atoms with Crippen molar-refractivity contribution in [2.24, 2.45) is 11.8 Å². The molecular formula is C14H16O8. The van der Waals surface area contributed by atoms with Gasteiger partial charge in [0, 0.05) is 12.0 Å². The number of hydrogen-bond acceptors (Lipinski definition) is 7. The fourth-order valence-corrected chi connectivity index (χ4v) is 2.60.